The highest BCUT2D eigenvalue weighted by molar-refractivity contribution is 5.72. The molecule has 0 saturated carbocycles. The lowest BCUT2D eigenvalue weighted by Gasteiger charge is -2.18. The molecule has 0 spiro atoms. The molecule has 0 radical (unpaired) electrons. The Morgan fingerprint density at radius 1 is 0.275 bits per heavy atom. The maximum Gasteiger partial charge on any atom is 0.310 e. The van der Waals surface area contributed by atoms with Gasteiger partial charge in [0.2, 0.25) is 0 Å². The summed E-state index contributed by atoms with van der Waals surface area (Å²) in [5.41, 5.74) is 0. The van der Waals surface area contributed by atoms with Crippen LogP contribution in [0.3, 0.4) is 0 Å². The van der Waals surface area contributed by atoms with Crippen molar-refractivity contribution in [3.05, 3.63) is 72.9 Å². The molecule has 80 heavy (non-hydrogen) atoms. The number of carbonyl (C=O) groups excluding carboxylic acids is 3. The van der Waals surface area contributed by atoms with E-state index in [2.05, 4.69) is 81.5 Å². The van der Waals surface area contributed by atoms with E-state index in [0.717, 1.165) is 83.5 Å². The lowest BCUT2D eigenvalue weighted by molar-refractivity contribution is -0.166. The average molecular weight is 1120 g/mol. The predicted molar refractivity (Wildman–Crippen MR) is 348 cm³/mol. The van der Waals surface area contributed by atoms with Crippen LogP contribution in [-0.2, 0) is 28.6 Å². The second-order valence-corrected chi connectivity index (χ2v) is 23.4. The Bertz CT molecular complexity index is 1470. The van der Waals surface area contributed by atoms with Crippen LogP contribution in [0.4, 0.5) is 0 Å². The van der Waals surface area contributed by atoms with Gasteiger partial charge in [0.25, 0.3) is 0 Å². The van der Waals surface area contributed by atoms with Crippen molar-refractivity contribution in [3.63, 3.8) is 0 Å². The van der Waals surface area contributed by atoms with Crippen LogP contribution in [0.2, 0.25) is 0 Å². The van der Waals surface area contributed by atoms with Gasteiger partial charge in [-0.25, -0.2) is 0 Å². The standard InChI is InChI=1S/C74H132O6/c1-4-7-10-13-16-19-22-25-28-29-30-31-32-33-34-35-36-37-38-39-40-41-42-43-44-47-49-52-55-58-61-64-67-73(76)79-70-71(80-74(77)68-65-62-59-56-53-50-46-27-24-21-18-15-12-9-6-3)69-78-72(75)66-63-60-57-54-51-48-45-26-23-20-17-14-11-8-5-2/h9,12,18,21,26-27,45-46,53,56,62,65,71H,4-8,10-11,13-17,19-20,22-25,28-44,47-52,54-55,57-61,63-64,66-70H2,1-3H3/b12-9-,21-18-,45-26-,46-27-,56-53-,65-62-. The Morgan fingerprint density at radius 2 is 0.525 bits per heavy atom. The Kier molecular flexibility index (Phi) is 65.7. The van der Waals surface area contributed by atoms with Crippen molar-refractivity contribution >= 4 is 17.9 Å². The van der Waals surface area contributed by atoms with Gasteiger partial charge >= 0.3 is 17.9 Å². The van der Waals surface area contributed by atoms with Crippen molar-refractivity contribution in [1.82, 2.24) is 0 Å². The Balaban J connectivity index is 4.19. The van der Waals surface area contributed by atoms with Crippen molar-refractivity contribution in [1.29, 1.82) is 0 Å². The normalized spacial score (nSPS) is 12.5. The van der Waals surface area contributed by atoms with E-state index in [1.54, 1.807) is 6.08 Å². The fourth-order valence-corrected chi connectivity index (χ4v) is 10.3. The van der Waals surface area contributed by atoms with Crippen molar-refractivity contribution in [2.75, 3.05) is 13.2 Å². The third-order valence-corrected chi connectivity index (χ3v) is 15.5. The first-order valence-corrected chi connectivity index (χ1v) is 34.9. The van der Waals surface area contributed by atoms with Crippen LogP contribution in [0.5, 0.6) is 0 Å². The lowest BCUT2D eigenvalue weighted by Crippen LogP contribution is -2.30. The summed E-state index contributed by atoms with van der Waals surface area (Å²) >= 11 is 0. The summed E-state index contributed by atoms with van der Waals surface area (Å²) in [5, 5.41) is 0. The van der Waals surface area contributed by atoms with E-state index in [4.69, 9.17) is 14.2 Å². The minimum Gasteiger partial charge on any atom is -0.462 e. The van der Waals surface area contributed by atoms with Crippen molar-refractivity contribution in [2.24, 2.45) is 0 Å². The molecule has 0 amide bonds. The molecule has 0 aromatic rings. The predicted octanol–water partition coefficient (Wildman–Crippen LogP) is 24.1. The van der Waals surface area contributed by atoms with Crippen LogP contribution >= 0.6 is 0 Å². The number of carbonyl (C=O) groups is 3. The van der Waals surface area contributed by atoms with Gasteiger partial charge in [0.05, 0.1) is 6.42 Å². The molecule has 0 rings (SSSR count). The van der Waals surface area contributed by atoms with E-state index < -0.39 is 12.1 Å². The molecule has 0 heterocycles. The summed E-state index contributed by atoms with van der Waals surface area (Å²) < 4.78 is 16.8. The van der Waals surface area contributed by atoms with Gasteiger partial charge in [-0.2, -0.15) is 0 Å². The quantitative estimate of drug-likeness (QED) is 0.0261. The fourth-order valence-electron chi connectivity index (χ4n) is 10.3. The summed E-state index contributed by atoms with van der Waals surface area (Å²) in [6.45, 7) is 6.48. The number of esters is 3. The van der Waals surface area contributed by atoms with Crippen molar-refractivity contribution in [2.45, 2.75) is 367 Å². The minimum atomic E-state index is -0.833. The Labute approximate surface area is 497 Å². The molecule has 0 aliphatic rings. The number of allylic oxidation sites excluding steroid dienone is 11. The topological polar surface area (TPSA) is 78.9 Å². The van der Waals surface area contributed by atoms with E-state index in [1.807, 2.05) is 6.08 Å². The molecule has 0 aromatic heterocycles. The van der Waals surface area contributed by atoms with Gasteiger partial charge in [0.15, 0.2) is 6.10 Å². The molecule has 6 nitrogen and oxygen atoms in total. The van der Waals surface area contributed by atoms with Gasteiger partial charge in [-0.05, 0) is 70.6 Å². The monoisotopic (exact) mass is 1120 g/mol. The number of unbranched alkanes of at least 4 members (excludes halogenated alkanes) is 42. The van der Waals surface area contributed by atoms with Gasteiger partial charge in [-0.1, -0.05) is 344 Å². The maximum absolute atomic E-state index is 12.8. The highest BCUT2D eigenvalue weighted by atomic mass is 16.6. The van der Waals surface area contributed by atoms with Gasteiger partial charge in [0.1, 0.15) is 13.2 Å². The molecule has 1 atom stereocenters. The largest absolute Gasteiger partial charge is 0.462 e. The second-order valence-electron chi connectivity index (χ2n) is 23.4. The molecule has 0 aromatic carbocycles. The SMILES string of the molecule is CC/C=C\C/C=C\C/C=C\C/C=C\C/C=C\CC(=O)OC(COC(=O)CCCCCCC/C=C\CCCCCCCC)COC(=O)CCCCCCCCCCCCCCCCCCCCCCCCCCCCCCCCCC. The third-order valence-electron chi connectivity index (χ3n) is 15.5. The summed E-state index contributed by atoms with van der Waals surface area (Å²) in [7, 11) is 0. The molecule has 0 fully saturated rings. The van der Waals surface area contributed by atoms with E-state index in [1.165, 1.54) is 238 Å². The summed E-state index contributed by atoms with van der Waals surface area (Å²) in [5.74, 6) is -1.04. The molecular formula is C74H132O6. The molecule has 6 heteroatoms. The molecule has 0 saturated heterocycles. The van der Waals surface area contributed by atoms with Crippen LogP contribution in [0, 0.1) is 0 Å². The first-order chi connectivity index (χ1) is 39.5. The van der Waals surface area contributed by atoms with Crippen LogP contribution in [0.15, 0.2) is 72.9 Å². The summed E-state index contributed by atoms with van der Waals surface area (Å²) in [4.78, 5) is 38.2. The minimum absolute atomic E-state index is 0.0977. The van der Waals surface area contributed by atoms with E-state index in [9.17, 15) is 14.4 Å². The Morgan fingerprint density at radius 3 is 0.812 bits per heavy atom. The van der Waals surface area contributed by atoms with Gasteiger partial charge in [0, 0.05) is 12.8 Å². The van der Waals surface area contributed by atoms with Crippen molar-refractivity contribution < 1.29 is 28.6 Å². The second kappa shape index (κ2) is 68.3. The molecule has 0 aliphatic carbocycles. The first kappa shape index (κ1) is 76.9. The van der Waals surface area contributed by atoms with Gasteiger partial charge in [-0.3, -0.25) is 14.4 Å². The van der Waals surface area contributed by atoms with E-state index in [0.29, 0.717) is 12.8 Å². The number of hydrogen-bond acceptors (Lipinski definition) is 6. The van der Waals surface area contributed by atoms with Crippen LogP contribution in [0.1, 0.15) is 361 Å². The lowest BCUT2D eigenvalue weighted by atomic mass is 10.0. The van der Waals surface area contributed by atoms with Crippen molar-refractivity contribution in [3.8, 4) is 0 Å². The first-order valence-electron chi connectivity index (χ1n) is 34.9. The third kappa shape index (κ3) is 65.7. The molecule has 1 unspecified atom stereocenters. The smallest absolute Gasteiger partial charge is 0.310 e. The molecule has 0 aliphatic heterocycles. The van der Waals surface area contributed by atoms with Gasteiger partial charge in [-0.15, -0.1) is 0 Å². The van der Waals surface area contributed by atoms with E-state index in [-0.39, 0.29) is 31.6 Å². The number of rotatable bonds is 64. The Hall–Kier alpha value is -3.15. The summed E-state index contributed by atoms with van der Waals surface area (Å²) in [6, 6.07) is 0. The fraction of sp³-hybridized carbons (Fsp3) is 0.797. The van der Waals surface area contributed by atoms with Crippen LogP contribution in [-0.4, -0.2) is 37.2 Å². The average Bonchev–Trinajstić information content (AvgIpc) is 3.46. The highest BCUT2D eigenvalue weighted by Crippen LogP contribution is 2.18. The molecular weight excluding hydrogens is 985 g/mol. The highest BCUT2D eigenvalue weighted by Gasteiger charge is 2.19. The molecule has 464 valence electrons. The molecule has 0 N–H and O–H groups in total. The van der Waals surface area contributed by atoms with Crippen LogP contribution < -0.4 is 0 Å². The maximum atomic E-state index is 12.8. The summed E-state index contributed by atoms with van der Waals surface area (Å²) in [6.07, 6.45) is 89.8. The number of hydrogen-bond donors (Lipinski definition) is 0. The zero-order chi connectivity index (χ0) is 57.8. The zero-order valence-electron chi connectivity index (χ0n) is 53.3. The zero-order valence-corrected chi connectivity index (χ0v) is 53.3. The van der Waals surface area contributed by atoms with E-state index >= 15 is 0 Å². The molecule has 0 bridgehead atoms. The number of ether oxygens (including phenoxy) is 3. The van der Waals surface area contributed by atoms with Crippen LogP contribution in [0.25, 0.3) is 0 Å². The van der Waals surface area contributed by atoms with Gasteiger partial charge < -0.3 is 14.2 Å².